The van der Waals surface area contributed by atoms with Crippen molar-refractivity contribution >= 4 is 23.6 Å². The molecule has 1 aromatic rings. The van der Waals surface area contributed by atoms with Crippen LogP contribution in [0.5, 0.6) is 5.75 Å². The molecule has 0 spiro atoms. The summed E-state index contributed by atoms with van der Waals surface area (Å²) in [5, 5.41) is 0. The molecule has 3 aliphatic rings. The SMILES string of the molecule is CCCN1C(=O)C2C(N=C3N(c4cccc(OC)c4)C(C)=CN32)N(C)C1=O. The van der Waals surface area contributed by atoms with Crippen LogP contribution >= 0.6 is 0 Å². The molecule has 3 heterocycles. The van der Waals surface area contributed by atoms with E-state index in [1.165, 1.54) is 4.90 Å². The minimum absolute atomic E-state index is 0.194. The molecule has 4 rings (SSSR count). The van der Waals surface area contributed by atoms with Crippen molar-refractivity contribution in [3.63, 3.8) is 0 Å². The molecular weight excluding hydrogens is 346 g/mol. The Labute approximate surface area is 158 Å². The van der Waals surface area contributed by atoms with Crippen LogP contribution in [0.3, 0.4) is 0 Å². The van der Waals surface area contributed by atoms with E-state index in [2.05, 4.69) is 0 Å². The molecule has 3 amide bonds. The summed E-state index contributed by atoms with van der Waals surface area (Å²) in [5.41, 5.74) is 1.85. The number of methoxy groups -OCH3 is 1. The van der Waals surface area contributed by atoms with Gasteiger partial charge in [0.1, 0.15) is 5.75 Å². The van der Waals surface area contributed by atoms with E-state index >= 15 is 0 Å². The van der Waals surface area contributed by atoms with Crippen molar-refractivity contribution in [2.24, 2.45) is 4.99 Å². The van der Waals surface area contributed by atoms with E-state index in [0.29, 0.717) is 12.5 Å². The minimum Gasteiger partial charge on any atom is -0.497 e. The van der Waals surface area contributed by atoms with Crippen LogP contribution in [-0.4, -0.2) is 65.5 Å². The van der Waals surface area contributed by atoms with Crippen molar-refractivity contribution < 1.29 is 14.3 Å². The number of hydrogen-bond donors (Lipinski definition) is 0. The summed E-state index contributed by atoms with van der Waals surface area (Å²) >= 11 is 0. The molecule has 0 bridgehead atoms. The molecule has 0 radical (unpaired) electrons. The van der Waals surface area contributed by atoms with Crippen LogP contribution in [0.15, 0.2) is 41.2 Å². The van der Waals surface area contributed by atoms with Gasteiger partial charge in [-0.25, -0.2) is 9.79 Å². The second-order valence-electron chi connectivity index (χ2n) is 6.89. The lowest BCUT2D eigenvalue weighted by Gasteiger charge is -2.40. The number of ether oxygens (including phenoxy) is 1. The molecule has 0 aromatic heterocycles. The summed E-state index contributed by atoms with van der Waals surface area (Å²) in [6.07, 6.45) is 2.13. The third kappa shape index (κ3) is 2.47. The standard InChI is InChI=1S/C19H23N5O3/c1-5-9-22-17(25)15-16(21(3)19(22)26)20-18-23(15)11-12(2)24(18)13-7-6-8-14(10-13)27-4/h6-8,10-11,15-16H,5,9H2,1-4H3. The second kappa shape index (κ2) is 6.29. The van der Waals surface area contributed by atoms with Gasteiger partial charge in [0.2, 0.25) is 5.96 Å². The van der Waals surface area contributed by atoms with Gasteiger partial charge in [-0.05, 0) is 25.5 Å². The first kappa shape index (κ1) is 17.4. The highest BCUT2D eigenvalue weighted by Crippen LogP contribution is 2.37. The Hall–Kier alpha value is -3.03. The summed E-state index contributed by atoms with van der Waals surface area (Å²) in [6.45, 7) is 4.34. The molecule has 1 aromatic carbocycles. The molecule has 8 heteroatoms. The van der Waals surface area contributed by atoms with E-state index in [4.69, 9.17) is 9.73 Å². The number of aliphatic imine (C=N–C) groups is 1. The van der Waals surface area contributed by atoms with Crippen molar-refractivity contribution in [2.45, 2.75) is 32.5 Å². The number of imide groups is 1. The molecule has 3 aliphatic heterocycles. The Morgan fingerprint density at radius 2 is 2.04 bits per heavy atom. The highest BCUT2D eigenvalue weighted by molar-refractivity contribution is 6.09. The van der Waals surface area contributed by atoms with Crippen molar-refractivity contribution in [2.75, 3.05) is 25.6 Å². The summed E-state index contributed by atoms with van der Waals surface area (Å²) in [4.78, 5) is 37.1. The number of urea groups is 1. The van der Waals surface area contributed by atoms with Gasteiger partial charge in [-0.1, -0.05) is 13.0 Å². The van der Waals surface area contributed by atoms with Gasteiger partial charge in [0.15, 0.2) is 12.2 Å². The number of carbonyl (C=O) groups is 2. The third-order valence-electron chi connectivity index (χ3n) is 5.15. The Morgan fingerprint density at radius 3 is 2.74 bits per heavy atom. The lowest BCUT2D eigenvalue weighted by Crippen LogP contribution is -2.64. The number of likely N-dealkylation sites (N-methyl/N-ethyl adjacent to an activating group) is 1. The zero-order valence-electron chi connectivity index (χ0n) is 15.9. The van der Waals surface area contributed by atoms with Crippen LogP contribution < -0.4 is 9.64 Å². The predicted octanol–water partition coefficient (Wildman–Crippen LogP) is 2.05. The molecule has 0 saturated carbocycles. The first-order valence-corrected chi connectivity index (χ1v) is 9.04. The number of nitrogens with zero attached hydrogens (tertiary/aromatic N) is 5. The van der Waals surface area contributed by atoms with Gasteiger partial charge in [-0.15, -0.1) is 0 Å². The molecule has 2 atom stereocenters. The molecule has 1 saturated heterocycles. The highest BCUT2D eigenvalue weighted by Gasteiger charge is 2.54. The zero-order chi connectivity index (χ0) is 19.3. The average Bonchev–Trinajstić information content (AvgIpc) is 3.18. The zero-order valence-corrected chi connectivity index (χ0v) is 15.9. The molecular formula is C19H23N5O3. The summed E-state index contributed by atoms with van der Waals surface area (Å²) in [6, 6.07) is 6.86. The number of hydrogen-bond acceptors (Lipinski definition) is 6. The van der Waals surface area contributed by atoms with Gasteiger partial charge in [0.05, 0.1) is 12.8 Å². The number of guanidine groups is 1. The number of anilines is 1. The van der Waals surface area contributed by atoms with Crippen LogP contribution in [0, 0.1) is 0 Å². The van der Waals surface area contributed by atoms with Crippen LogP contribution in [0.25, 0.3) is 0 Å². The fraction of sp³-hybridized carbons (Fsp3) is 0.421. The second-order valence-corrected chi connectivity index (χ2v) is 6.89. The minimum atomic E-state index is -0.528. The van der Waals surface area contributed by atoms with Crippen molar-refractivity contribution in [3.8, 4) is 5.75 Å². The van der Waals surface area contributed by atoms with E-state index in [1.807, 2.05) is 54.1 Å². The van der Waals surface area contributed by atoms with E-state index in [9.17, 15) is 9.59 Å². The van der Waals surface area contributed by atoms with Crippen molar-refractivity contribution in [1.29, 1.82) is 0 Å². The van der Waals surface area contributed by atoms with E-state index in [-0.39, 0.29) is 11.9 Å². The largest absolute Gasteiger partial charge is 0.497 e. The maximum absolute atomic E-state index is 13.0. The predicted molar refractivity (Wildman–Crippen MR) is 101 cm³/mol. The molecule has 2 unspecified atom stereocenters. The quantitative estimate of drug-likeness (QED) is 0.813. The number of amides is 3. The van der Waals surface area contributed by atoms with Gasteiger partial charge in [0.25, 0.3) is 5.91 Å². The maximum atomic E-state index is 13.0. The molecule has 27 heavy (non-hydrogen) atoms. The number of rotatable bonds is 4. The van der Waals surface area contributed by atoms with Crippen molar-refractivity contribution in [1.82, 2.24) is 14.7 Å². The van der Waals surface area contributed by atoms with E-state index in [0.717, 1.165) is 23.6 Å². The Morgan fingerprint density at radius 1 is 1.26 bits per heavy atom. The Kier molecular flexibility index (Phi) is 4.05. The van der Waals surface area contributed by atoms with E-state index < -0.39 is 12.2 Å². The third-order valence-corrected chi connectivity index (χ3v) is 5.15. The lowest BCUT2D eigenvalue weighted by atomic mass is 10.1. The molecule has 142 valence electrons. The van der Waals surface area contributed by atoms with Crippen LogP contribution in [0.2, 0.25) is 0 Å². The number of fused-ring (bicyclic) bond motifs is 3. The highest BCUT2D eigenvalue weighted by atomic mass is 16.5. The number of benzene rings is 1. The normalized spacial score (nSPS) is 24.1. The fourth-order valence-corrected chi connectivity index (χ4v) is 3.85. The van der Waals surface area contributed by atoms with Gasteiger partial charge in [0, 0.05) is 31.6 Å². The van der Waals surface area contributed by atoms with Crippen LogP contribution in [-0.2, 0) is 4.79 Å². The molecule has 1 fully saturated rings. The van der Waals surface area contributed by atoms with E-state index in [1.54, 1.807) is 19.1 Å². The molecule has 0 aliphatic carbocycles. The Balaban J connectivity index is 1.72. The average molecular weight is 369 g/mol. The number of allylic oxidation sites excluding steroid dienone is 1. The monoisotopic (exact) mass is 369 g/mol. The van der Waals surface area contributed by atoms with Gasteiger partial charge in [-0.3, -0.25) is 14.6 Å². The number of carbonyl (C=O) groups excluding carboxylic acids is 2. The topological polar surface area (TPSA) is 68.7 Å². The summed E-state index contributed by atoms with van der Waals surface area (Å²) in [5.74, 6) is 1.20. The summed E-state index contributed by atoms with van der Waals surface area (Å²) < 4.78 is 5.33. The first-order valence-electron chi connectivity index (χ1n) is 9.04. The van der Waals surface area contributed by atoms with Crippen LogP contribution in [0.4, 0.5) is 10.5 Å². The van der Waals surface area contributed by atoms with Crippen LogP contribution in [0.1, 0.15) is 20.3 Å². The van der Waals surface area contributed by atoms with Gasteiger partial charge >= 0.3 is 6.03 Å². The summed E-state index contributed by atoms with van der Waals surface area (Å²) in [7, 11) is 3.33. The Bertz CT molecular complexity index is 865. The fourth-order valence-electron chi connectivity index (χ4n) is 3.85. The van der Waals surface area contributed by atoms with Gasteiger partial charge in [-0.2, -0.15) is 0 Å². The van der Waals surface area contributed by atoms with Gasteiger partial charge < -0.3 is 14.5 Å². The smallest absolute Gasteiger partial charge is 0.328 e. The molecule has 8 nitrogen and oxygen atoms in total. The van der Waals surface area contributed by atoms with Crippen molar-refractivity contribution in [3.05, 3.63) is 36.2 Å². The lowest BCUT2D eigenvalue weighted by molar-refractivity contribution is -0.136. The first-order chi connectivity index (χ1) is 13.0. The molecule has 0 N–H and O–H groups in total. The maximum Gasteiger partial charge on any atom is 0.328 e.